The average Bonchev–Trinajstić information content (AvgIpc) is 3.02. The molecule has 1 fully saturated rings. The number of carboxylic acid groups (broad SMARTS) is 1. The maximum absolute atomic E-state index is 10.8. The van der Waals surface area contributed by atoms with Gasteiger partial charge in [-0.1, -0.05) is 6.07 Å². The number of benzene rings is 1. The molecule has 0 bridgehead atoms. The third-order valence-corrected chi connectivity index (χ3v) is 3.58. The van der Waals surface area contributed by atoms with E-state index in [0.717, 1.165) is 24.2 Å². The highest BCUT2D eigenvalue weighted by Gasteiger charge is 2.42. The molecule has 1 N–H and O–H groups in total. The quantitative estimate of drug-likeness (QED) is 0.871. The Morgan fingerprint density at radius 2 is 2.12 bits per heavy atom. The van der Waals surface area contributed by atoms with E-state index in [-0.39, 0.29) is 5.92 Å². The first kappa shape index (κ1) is 12.0. The molecule has 17 heavy (non-hydrogen) atoms. The number of aryl methyl sites for hydroxylation is 2. The summed E-state index contributed by atoms with van der Waals surface area (Å²) >= 11 is 0. The summed E-state index contributed by atoms with van der Waals surface area (Å²) in [5.41, 5.74) is 3.54. The van der Waals surface area contributed by atoms with Crippen LogP contribution in [0.4, 0.5) is 0 Å². The zero-order chi connectivity index (χ0) is 12.6. The van der Waals surface area contributed by atoms with Crippen molar-refractivity contribution in [3.05, 3.63) is 28.8 Å². The molecule has 1 aliphatic rings. The van der Waals surface area contributed by atoms with Crippen LogP contribution in [0, 0.1) is 25.7 Å². The van der Waals surface area contributed by atoms with Crippen LogP contribution in [-0.4, -0.2) is 18.2 Å². The number of hydrogen-bond donors (Lipinski definition) is 1. The highest BCUT2D eigenvalue weighted by atomic mass is 16.5. The molecule has 1 aromatic rings. The van der Waals surface area contributed by atoms with Crippen molar-refractivity contribution < 1.29 is 14.6 Å². The third kappa shape index (κ3) is 2.43. The molecule has 1 saturated carbocycles. The van der Waals surface area contributed by atoms with Gasteiger partial charge in [0.2, 0.25) is 0 Å². The lowest BCUT2D eigenvalue weighted by atomic mass is 9.99. The predicted octanol–water partition coefficient (Wildman–Crippen LogP) is 2.58. The Morgan fingerprint density at radius 3 is 2.65 bits per heavy atom. The molecule has 1 aromatic carbocycles. The standard InChI is InChI=1S/C14H18O3/c1-8-5-13(17-3)9(2)4-10(8)6-11-7-12(11)14(15)16/h4-5,11-12H,6-7H2,1-3H3,(H,15,16). The number of carbonyl (C=O) groups is 1. The van der Waals surface area contributed by atoms with Crippen LogP contribution in [0.1, 0.15) is 23.1 Å². The van der Waals surface area contributed by atoms with Gasteiger partial charge in [-0.15, -0.1) is 0 Å². The summed E-state index contributed by atoms with van der Waals surface area (Å²) in [6.07, 6.45) is 1.69. The Hall–Kier alpha value is -1.51. The fourth-order valence-electron chi connectivity index (χ4n) is 2.35. The van der Waals surface area contributed by atoms with Crippen LogP contribution < -0.4 is 4.74 Å². The second-order valence-corrected chi connectivity index (χ2v) is 4.89. The van der Waals surface area contributed by atoms with E-state index in [4.69, 9.17) is 9.84 Å². The van der Waals surface area contributed by atoms with Crippen molar-refractivity contribution in [2.75, 3.05) is 7.11 Å². The third-order valence-electron chi connectivity index (χ3n) is 3.58. The summed E-state index contributed by atoms with van der Waals surface area (Å²) in [5.74, 6) is 0.436. The highest BCUT2D eigenvalue weighted by molar-refractivity contribution is 5.73. The van der Waals surface area contributed by atoms with Gasteiger partial charge in [-0.05, 0) is 55.4 Å². The van der Waals surface area contributed by atoms with Gasteiger partial charge in [-0.2, -0.15) is 0 Å². The van der Waals surface area contributed by atoms with E-state index in [2.05, 4.69) is 13.0 Å². The van der Waals surface area contributed by atoms with Crippen LogP contribution in [0.2, 0.25) is 0 Å². The number of hydrogen-bond acceptors (Lipinski definition) is 2. The summed E-state index contributed by atoms with van der Waals surface area (Å²) < 4.78 is 5.27. The number of aliphatic carboxylic acids is 1. The maximum Gasteiger partial charge on any atom is 0.306 e. The molecule has 2 rings (SSSR count). The Labute approximate surface area is 101 Å². The zero-order valence-electron chi connectivity index (χ0n) is 10.5. The normalized spacial score (nSPS) is 22.3. The molecule has 3 nitrogen and oxygen atoms in total. The average molecular weight is 234 g/mol. The molecule has 0 amide bonds. The molecular formula is C14H18O3. The number of methoxy groups -OCH3 is 1. The van der Waals surface area contributed by atoms with Crippen molar-refractivity contribution in [2.45, 2.75) is 26.7 Å². The van der Waals surface area contributed by atoms with Gasteiger partial charge in [-0.25, -0.2) is 0 Å². The lowest BCUT2D eigenvalue weighted by Crippen LogP contribution is -2.02. The van der Waals surface area contributed by atoms with Crippen molar-refractivity contribution in [3.63, 3.8) is 0 Å². The van der Waals surface area contributed by atoms with Gasteiger partial charge < -0.3 is 9.84 Å². The Bertz CT molecular complexity index is 451. The van der Waals surface area contributed by atoms with Crippen molar-refractivity contribution in [1.82, 2.24) is 0 Å². The largest absolute Gasteiger partial charge is 0.496 e. The van der Waals surface area contributed by atoms with E-state index < -0.39 is 5.97 Å². The smallest absolute Gasteiger partial charge is 0.306 e. The Morgan fingerprint density at radius 1 is 1.41 bits per heavy atom. The van der Waals surface area contributed by atoms with Gasteiger partial charge in [0.15, 0.2) is 0 Å². The summed E-state index contributed by atoms with van der Waals surface area (Å²) in [4.78, 5) is 10.8. The van der Waals surface area contributed by atoms with Crippen LogP contribution in [0.15, 0.2) is 12.1 Å². The number of ether oxygens (including phenoxy) is 1. The van der Waals surface area contributed by atoms with E-state index in [1.807, 2.05) is 13.0 Å². The number of rotatable bonds is 4. The fourth-order valence-corrected chi connectivity index (χ4v) is 2.35. The summed E-state index contributed by atoms with van der Waals surface area (Å²) in [6.45, 7) is 4.07. The predicted molar refractivity (Wildman–Crippen MR) is 65.4 cm³/mol. The van der Waals surface area contributed by atoms with E-state index in [0.29, 0.717) is 5.92 Å². The minimum Gasteiger partial charge on any atom is -0.496 e. The van der Waals surface area contributed by atoms with Crippen molar-refractivity contribution in [1.29, 1.82) is 0 Å². The first-order chi connectivity index (χ1) is 8.02. The molecule has 3 heteroatoms. The molecule has 2 atom stereocenters. The summed E-state index contributed by atoms with van der Waals surface area (Å²) in [7, 11) is 1.67. The molecule has 0 heterocycles. The molecule has 0 radical (unpaired) electrons. The van der Waals surface area contributed by atoms with Crippen LogP contribution >= 0.6 is 0 Å². The van der Waals surface area contributed by atoms with Gasteiger partial charge >= 0.3 is 5.97 Å². The molecule has 0 aliphatic heterocycles. The van der Waals surface area contributed by atoms with Crippen LogP contribution in [-0.2, 0) is 11.2 Å². The topological polar surface area (TPSA) is 46.5 Å². The number of carboxylic acids is 1. The van der Waals surface area contributed by atoms with Crippen molar-refractivity contribution >= 4 is 5.97 Å². The van der Waals surface area contributed by atoms with Crippen LogP contribution in [0.3, 0.4) is 0 Å². The molecule has 1 aliphatic carbocycles. The fraction of sp³-hybridized carbons (Fsp3) is 0.500. The molecular weight excluding hydrogens is 216 g/mol. The SMILES string of the molecule is COc1cc(C)c(CC2CC2C(=O)O)cc1C. The molecule has 0 saturated heterocycles. The summed E-state index contributed by atoms with van der Waals surface area (Å²) in [5, 5.41) is 8.89. The Balaban J connectivity index is 2.12. The molecule has 2 unspecified atom stereocenters. The van der Waals surface area contributed by atoms with Gasteiger partial charge in [-0.3, -0.25) is 4.79 Å². The van der Waals surface area contributed by atoms with Crippen molar-refractivity contribution in [3.8, 4) is 5.75 Å². The van der Waals surface area contributed by atoms with Crippen LogP contribution in [0.5, 0.6) is 5.75 Å². The molecule has 0 spiro atoms. The minimum absolute atomic E-state index is 0.128. The Kier molecular flexibility index (Phi) is 3.09. The van der Waals surface area contributed by atoms with Crippen molar-refractivity contribution in [2.24, 2.45) is 11.8 Å². The lowest BCUT2D eigenvalue weighted by molar-refractivity contribution is -0.138. The van der Waals surface area contributed by atoms with Gasteiger partial charge in [0, 0.05) is 0 Å². The molecule has 92 valence electrons. The van der Waals surface area contributed by atoms with Gasteiger partial charge in [0.05, 0.1) is 13.0 Å². The zero-order valence-corrected chi connectivity index (χ0v) is 10.5. The summed E-state index contributed by atoms with van der Waals surface area (Å²) in [6, 6.07) is 4.15. The highest BCUT2D eigenvalue weighted by Crippen LogP contribution is 2.42. The van der Waals surface area contributed by atoms with Gasteiger partial charge in [0.25, 0.3) is 0 Å². The second-order valence-electron chi connectivity index (χ2n) is 4.89. The van der Waals surface area contributed by atoms with Gasteiger partial charge in [0.1, 0.15) is 5.75 Å². The maximum atomic E-state index is 10.8. The molecule has 0 aromatic heterocycles. The second kappa shape index (κ2) is 4.40. The minimum atomic E-state index is -0.655. The van der Waals surface area contributed by atoms with E-state index in [1.54, 1.807) is 7.11 Å². The van der Waals surface area contributed by atoms with E-state index in [1.165, 1.54) is 11.1 Å². The van der Waals surface area contributed by atoms with Crippen LogP contribution in [0.25, 0.3) is 0 Å². The first-order valence-corrected chi connectivity index (χ1v) is 5.90. The lowest BCUT2D eigenvalue weighted by Gasteiger charge is -2.11. The van der Waals surface area contributed by atoms with E-state index in [9.17, 15) is 4.79 Å². The first-order valence-electron chi connectivity index (χ1n) is 5.90. The monoisotopic (exact) mass is 234 g/mol. The van der Waals surface area contributed by atoms with E-state index >= 15 is 0 Å².